The molecule has 0 bridgehead atoms. The highest BCUT2D eigenvalue weighted by atomic mass is 32.2. The summed E-state index contributed by atoms with van der Waals surface area (Å²) >= 11 is 0.875. The van der Waals surface area contributed by atoms with Gasteiger partial charge in [0.15, 0.2) is 5.17 Å². The Hall–Kier alpha value is -2.88. The minimum Gasteiger partial charge on any atom is -0.326 e. The Morgan fingerprint density at radius 2 is 1.82 bits per heavy atom. The van der Waals surface area contributed by atoms with Crippen molar-refractivity contribution in [2.24, 2.45) is 4.99 Å². The van der Waals surface area contributed by atoms with E-state index < -0.39 is 34.6 Å². The molecule has 2 aromatic carbocycles. The van der Waals surface area contributed by atoms with Crippen LogP contribution in [-0.4, -0.2) is 22.2 Å². The Morgan fingerprint density at radius 3 is 2.50 bits per heavy atom. The van der Waals surface area contributed by atoms with Crippen molar-refractivity contribution in [2.45, 2.75) is 17.8 Å². The van der Waals surface area contributed by atoms with E-state index in [0.717, 1.165) is 17.8 Å². The molecule has 0 radical (unpaired) electrons. The van der Waals surface area contributed by atoms with Crippen LogP contribution >= 0.6 is 11.8 Å². The normalized spacial score (nSPS) is 18.2. The van der Waals surface area contributed by atoms with Gasteiger partial charge in [0.2, 0.25) is 11.8 Å². The van der Waals surface area contributed by atoms with Gasteiger partial charge in [0.05, 0.1) is 11.3 Å². The fraction of sp³-hybridized carbons (Fsp3) is 0.167. The lowest BCUT2D eigenvalue weighted by atomic mass is 10.2. The third-order valence-electron chi connectivity index (χ3n) is 3.71. The van der Waals surface area contributed by atoms with Gasteiger partial charge in [0, 0.05) is 12.1 Å². The number of rotatable bonds is 4. The monoisotopic (exact) mass is 411 g/mol. The van der Waals surface area contributed by atoms with Crippen molar-refractivity contribution in [3.63, 3.8) is 0 Å². The zero-order valence-electron chi connectivity index (χ0n) is 14.1. The van der Waals surface area contributed by atoms with Crippen molar-refractivity contribution in [1.29, 1.82) is 0 Å². The lowest BCUT2D eigenvalue weighted by molar-refractivity contribution is -0.137. The molecule has 2 aromatic rings. The first-order chi connectivity index (χ1) is 13.2. The van der Waals surface area contributed by atoms with Crippen LogP contribution in [0.4, 0.5) is 28.9 Å². The summed E-state index contributed by atoms with van der Waals surface area (Å²) in [6.45, 7) is 0. The fourth-order valence-electron chi connectivity index (χ4n) is 2.43. The maximum Gasteiger partial charge on any atom is 0.418 e. The van der Waals surface area contributed by atoms with Crippen LogP contribution in [0.15, 0.2) is 53.5 Å². The minimum absolute atomic E-state index is 0.0127. The first kappa shape index (κ1) is 19.9. The Kier molecular flexibility index (Phi) is 5.68. The molecule has 3 rings (SSSR count). The number of benzene rings is 2. The second kappa shape index (κ2) is 8.01. The van der Waals surface area contributed by atoms with E-state index in [0.29, 0.717) is 5.69 Å². The topological polar surface area (TPSA) is 70.6 Å². The second-order valence-electron chi connectivity index (χ2n) is 5.79. The highest BCUT2D eigenvalue weighted by Gasteiger charge is 2.35. The summed E-state index contributed by atoms with van der Waals surface area (Å²) in [5, 5.41) is 4.06. The number of alkyl halides is 3. The Balaban J connectivity index is 1.68. The highest BCUT2D eigenvalue weighted by Crippen LogP contribution is 2.37. The first-order valence-electron chi connectivity index (χ1n) is 8.00. The van der Waals surface area contributed by atoms with E-state index in [1.165, 1.54) is 42.5 Å². The van der Waals surface area contributed by atoms with Crippen LogP contribution in [0.1, 0.15) is 12.0 Å². The van der Waals surface area contributed by atoms with E-state index in [2.05, 4.69) is 15.6 Å². The van der Waals surface area contributed by atoms with Crippen LogP contribution in [0.2, 0.25) is 0 Å². The molecule has 1 saturated heterocycles. The van der Waals surface area contributed by atoms with Gasteiger partial charge in [-0.25, -0.2) is 9.38 Å². The maximum atomic E-state index is 13.0. The molecule has 5 nitrogen and oxygen atoms in total. The van der Waals surface area contributed by atoms with Crippen LogP contribution in [0.25, 0.3) is 0 Å². The van der Waals surface area contributed by atoms with Gasteiger partial charge in [-0.2, -0.15) is 13.2 Å². The molecular weight excluding hydrogens is 398 g/mol. The number of carbonyl (C=O) groups excluding carboxylic acids is 2. The average Bonchev–Trinajstić information content (AvgIpc) is 2.95. The number of halogens is 4. The number of amidine groups is 1. The van der Waals surface area contributed by atoms with Gasteiger partial charge in [-0.15, -0.1) is 0 Å². The summed E-state index contributed by atoms with van der Waals surface area (Å²) in [5.74, 6) is -1.47. The van der Waals surface area contributed by atoms with Gasteiger partial charge in [0.1, 0.15) is 11.1 Å². The van der Waals surface area contributed by atoms with E-state index in [9.17, 15) is 27.2 Å². The zero-order chi connectivity index (χ0) is 20.3. The summed E-state index contributed by atoms with van der Waals surface area (Å²) in [4.78, 5) is 28.0. The van der Waals surface area contributed by atoms with Crippen LogP contribution in [0.3, 0.4) is 0 Å². The summed E-state index contributed by atoms with van der Waals surface area (Å²) in [7, 11) is 0. The maximum absolute atomic E-state index is 13.0. The molecule has 1 fully saturated rings. The predicted molar refractivity (Wildman–Crippen MR) is 97.7 cm³/mol. The number of para-hydroxylation sites is 1. The number of hydrogen-bond acceptors (Lipinski definition) is 4. The van der Waals surface area contributed by atoms with Crippen LogP contribution in [-0.2, 0) is 15.8 Å². The highest BCUT2D eigenvalue weighted by molar-refractivity contribution is 8.15. The molecule has 146 valence electrons. The van der Waals surface area contributed by atoms with Crippen molar-refractivity contribution in [3.8, 4) is 0 Å². The Labute approximate surface area is 161 Å². The molecule has 0 aliphatic carbocycles. The van der Waals surface area contributed by atoms with Crippen molar-refractivity contribution in [2.75, 3.05) is 5.32 Å². The quantitative estimate of drug-likeness (QED) is 0.745. The lowest BCUT2D eigenvalue weighted by Crippen LogP contribution is -2.28. The molecule has 0 aromatic heterocycles. The van der Waals surface area contributed by atoms with E-state index >= 15 is 0 Å². The van der Waals surface area contributed by atoms with Gasteiger partial charge in [-0.3, -0.25) is 9.59 Å². The molecule has 1 atom stereocenters. The number of amides is 2. The molecule has 0 spiro atoms. The van der Waals surface area contributed by atoms with Crippen LogP contribution in [0.5, 0.6) is 0 Å². The average molecular weight is 411 g/mol. The van der Waals surface area contributed by atoms with Crippen molar-refractivity contribution < 1.29 is 27.2 Å². The number of carbonyl (C=O) groups is 2. The number of anilines is 1. The predicted octanol–water partition coefficient (Wildman–Crippen LogP) is 4.09. The third kappa shape index (κ3) is 4.89. The van der Waals surface area contributed by atoms with Gasteiger partial charge >= 0.3 is 6.18 Å². The largest absolute Gasteiger partial charge is 0.418 e. The van der Waals surface area contributed by atoms with Crippen LogP contribution < -0.4 is 10.6 Å². The first-order valence-corrected chi connectivity index (χ1v) is 8.88. The summed E-state index contributed by atoms with van der Waals surface area (Å²) in [6, 6.07) is 9.84. The van der Waals surface area contributed by atoms with Crippen molar-refractivity contribution >= 4 is 40.1 Å². The van der Waals surface area contributed by atoms with Gasteiger partial charge < -0.3 is 10.6 Å². The third-order valence-corrected chi connectivity index (χ3v) is 4.79. The number of aliphatic imine (C=N–C) groups is 1. The van der Waals surface area contributed by atoms with Crippen molar-refractivity contribution in [3.05, 3.63) is 59.9 Å². The summed E-state index contributed by atoms with van der Waals surface area (Å²) < 4.78 is 52.0. The van der Waals surface area contributed by atoms with E-state index in [4.69, 9.17) is 0 Å². The van der Waals surface area contributed by atoms with Crippen LogP contribution in [0, 0.1) is 5.82 Å². The molecule has 28 heavy (non-hydrogen) atoms. The molecule has 0 saturated carbocycles. The number of nitrogens with zero attached hydrogens (tertiary/aromatic N) is 1. The van der Waals surface area contributed by atoms with E-state index in [-0.39, 0.29) is 17.3 Å². The molecule has 2 N–H and O–H groups in total. The fourth-order valence-corrected chi connectivity index (χ4v) is 3.41. The number of thioether (sulfide) groups is 1. The molecular formula is C18H13F4N3O2S. The van der Waals surface area contributed by atoms with E-state index in [1.54, 1.807) is 0 Å². The molecule has 1 heterocycles. The second-order valence-corrected chi connectivity index (χ2v) is 6.98. The van der Waals surface area contributed by atoms with Gasteiger partial charge in [-0.05, 0) is 36.4 Å². The molecule has 1 unspecified atom stereocenters. The summed E-state index contributed by atoms with van der Waals surface area (Å²) in [6.07, 6.45) is -4.80. The number of nitrogens with one attached hydrogen (secondary N) is 2. The van der Waals surface area contributed by atoms with Crippen molar-refractivity contribution in [1.82, 2.24) is 5.32 Å². The number of hydrogen-bond donors (Lipinski definition) is 2. The van der Waals surface area contributed by atoms with Gasteiger partial charge in [-0.1, -0.05) is 23.9 Å². The van der Waals surface area contributed by atoms with Gasteiger partial charge in [0.25, 0.3) is 0 Å². The summed E-state index contributed by atoms with van der Waals surface area (Å²) in [5.41, 5.74) is -0.883. The lowest BCUT2D eigenvalue weighted by Gasteiger charge is -2.09. The Bertz CT molecular complexity index is 929. The molecule has 10 heteroatoms. The standard InChI is InChI=1S/C18H13F4N3O2S/c19-10-5-7-11(8-6-10)23-15(26)9-14-16(27)25-17(28-14)24-13-4-2-1-3-12(13)18(20,21)22/h1-8,14H,9H2,(H,23,26)(H,24,25,27). The SMILES string of the molecule is O=C(CC1SC(=Nc2ccccc2C(F)(F)F)NC1=O)Nc1ccc(F)cc1. The molecule has 1 aliphatic rings. The smallest absolute Gasteiger partial charge is 0.326 e. The molecule has 2 amide bonds. The zero-order valence-corrected chi connectivity index (χ0v) is 14.9. The van der Waals surface area contributed by atoms with E-state index in [1.807, 2.05) is 0 Å². The Morgan fingerprint density at radius 1 is 1.14 bits per heavy atom. The molecule has 1 aliphatic heterocycles. The minimum atomic E-state index is -4.58.